The van der Waals surface area contributed by atoms with Crippen LogP contribution in [-0.2, 0) is 12.8 Å². The number of benzene rings is 1. The average Bonchev–Trinajstić information content (AvgIpc) is 2.98. The van der Waals surface area contributed by atoms with Crippen molar-refractivity contribution in [1.29, 1.82) is 0 Å². The van der Waals surface area contributed by atoms with E-state index in [4.69, 9.17) is 4.98 Å². The Bertz CT molecular complexity index is 1070. The lowest BCUT2D eigenvalue weighted by Gasteiger charge is -2.33. The molecule has 0 spiro atoms. The summed E-state index contributed by atoms with van der Waals surface area (Å²) in [5.74, 6) is 0.664. The molecule has 142 valence electrons. The molecule has 0 N–H and O–H groups in total. The number of aromatic nitrogens is 2. The third-order valence-corrected chi connectivity index (χ3v) is 7.51. The quantitative estimate of drug-likeness (QED) is 0.414. The largest absolute Gasteiger partial charge is 0.268 e. The second-order valence-corrected chi connectivity index (χ2v) is 10.4. The maximum atomic E-state index is 13.5. The van der Waals surface area contributed by atoms with E-state index in [0.717, 1.165) is 45.9 Å². The molecule has 0 aliphatic heterocycles. The van der Waals surface area contributed by atoms with E-state index in [0.29, 0.717) is 11.3 Å². The van der Waals surface area contributed by atoms with Gasteiger partial charge in [-0.25, -0.2) is 4.98 Å². The van der Waals surface area contributed by atoms with E-state index >= 15 is 0 Å². The molecule has 3 nitrogen and oxygen atoms in total. The van der Waals surface area contributed by atoms with Crippen LogP contribution in [0.5, 0.6) is 0 Å². The number of hydrogen-bond acceptors (Lipinski definition) is 4. The Morgan fingerprint density at radius 1 is 1.30 bits per heavy atom. The third kappa shape index (κ3) is 3.25. The average molecular weight is 399 g/mol. The van der Waals surface area contributed by atoms with E-state index in [1.54, 1.807) is 15.9 Å². The molecule has 1 unspecified atom stereocenters. The number of rotatable bonds is 2. The fourth-order valence-corrected chi connectivity index (χ4v) is 5.98. The molecular weight excluding hydrogens is 372 g/mol. The standard InChI is InChI=1S/C22H26N2OS2/c1-13-7-6-8-15(11-13)24-20(25)18-16-10-9-14(22(2,3)4)12-17(16)27-19(18)23-21(24)26-5/h6-8,11,14H,9-10,12H2,1-5H3. The lowest BCUT2D eigenvalue weighted by Crippen LogP contribution is -2.27. The third-order valence-electron chi connectivity index (χ3n) is 5.72. The van der Waals surface area contributed by atoms with Crippen LogP contribution < -0.4 is 5.56 Å². The van der Waals surface area contributed by atoms with Gasteiger partial charge in [0.15, 0.2) is 5.16 Å². The van der Waals surface area contributed by atoms with Gasteiger partial charge < -0.3 is 0 Å². The molecule has 0 amide bonds. The van der Waals surface area contributed by atoms with Crippen molar-refractivity contribution in [2.45, 2.75) is 52.1 Å². The van der Waals surface area contributed by atoms with Crippen molar-refractivity contribution in [2.75, 3.05) is 6.26 Å². The molecule has 4 rings (SSSR count). The zero-order valence-corrected chi connectivity index (χ0v) is 18.3. The summed E-state index contributed by atoms with van der Waals surface area (Å²) < 4.78 is 1.79. The number of thioether (sulfide) groups is 1. The first-order valence-electron chi connectivity index (χ1n) is 9.48. The lowest BCUT2D eigenvalue weighted by atomic mass is 9.72. The molecular formula is C22H26N2OS2. The molecule has 27 heavy (non-hydrogen) atoms. The van der Waals surface area contributed by atoms with Crippen LogP contribution >= 0.6 is 23.1 Å². The highest BCUT2D eigenvalue weighted by atomic mass is 32.2. The van der Waals surface area contributed by atoms with E-state index in [1.807, 2.05) is 18.4 Å². The topological polar surface area (TPSA) is 34.9 Å². The van der Waals surface area contributed by atoms with Gasteiger partial charge in [0.2, 0.25) is 0 Å². The molecule has 0 fully saturated rings. The van der Waals surface area contributed by atoms with Gasteiger partial charge in [-0.1, -0.05) is 44.7 Å². The first kappa shape index (κ1) is 18.8. The number of aryl methyl sites for hydroxylation is 2. The summed E-state index contributed by atoms with van der Waals surface area (Å²) in [7, 11) is 0. The Hall–Kier alpha value is -1.59. The van der Waals surface area contributed by atoms with E-state index in [1.165, 1.54) is 22.2 Å². The van der Waals surface area contributed by atoms with Crippen LogP contribution in [0.3, 0.4) is 0 Å². The van der Waals surface area contributed by atoms with Gasteiger partial charge in [0.05, 0.1) is 11.1 Å². The smallest absolute Gasteiger partial charge is 0.267 e. The minimum atomic E-state index is 0.0849. The highest BCUT2D eigenvalue weighted by Gasteiger charge is 2.32. The van der Waals surface area contributed by atoms with E-state index in [-0.39, 0.29) is 5.56 Å². The maximum absolute atomic E-state index is 13.5. The number of fused-ring (bicyclic) bond motifs is 3. The summed E-state index contributed by atoms with van der Waals surface area (Å²) in [5.41, 5.74) is 3.69. The summed E-state index contributed by atoms with van der Waals surface area (Å²) in [6, 6.07) is 8.11. The van der Waals surface area contributed by atoms with E-state index in [2.05, 4.69) is 39.8 Å². The molecule has 1 atom stereocenters. The van der Waals surface area contributed by atoms with Crippen LogP contribution in [0.1, 0.15) is 43.2 Å². The number of thiophene rings is 1. The van der Waals surface area contributed by atoms with Gasteiger partial charge in [0.25, 0.3) is 5.56 Å². The van der Waals surface area contributed by atoms with Gasteiger partial charge in [-0.15, -0.1) is 11.3 Å². The van der Waals surface area contributed by atoms with Crippen LogP contribution in [0.25, 0.3) is 15.9 Å². The summed E-state index contributed by atoms with van der Waals surface area (Å²) in [6.45, 7) is 9.03. The Balaban J connectivity index is 1.93. The van der Waals surface area contributed by atoms with Gasteiger partial charge in [-0.05, 0) is 67.0 Å². The SMILES string of the molecule is CSc1nc2sc3c(c2c(=O)n1-c1cccc(C)c1)CCC(C(C)(C)C)C3. The maximum Gasteiger partial charge on any atom is 0.267 e. The van der Waals surface area contributed by atoms with E-state index in [9.17, 15) is 4.79 Å². The molecule has 0 saturated carbocycles. The molecule has 2 aromatic heterocycles. The zero-order chi connectivity index (χ0) is 19.3. The number of hydrogen-bond donors (Lipinski definition) is 0. The van der Waals surface area contributed by atoms with Crippen LogP contribution in [0.2, 0.25) is 0 Å². The predicted molar refractivity (Wildman–Crippen MR) is 117 cm³/mol. The second kappa shape index (κ2) is 6.78. The Kier molecular flexibility index (Phi) is 4.71. The first-order chi connectivity index (χ1) is 12.8. The van der Waals surface area contributed by atoms with Crippen molar-refractivity contribution in [3.63, 3.8) is 0 Å². The second-order valence-electron chi connectivity index (χ2n) is 8.57. The van der Waals surface area contributed by atoms with Gasteiger partial charge in [0, 0.05) is 4.88 Å². The monoisotopic (exact) mass is 398 g/mol. The predicted octanol–water partition coefficient (Wildman–Crippen LogP) is 5.63. The fraction of sp³-hybridized carbons (Fsp3) is 0.455. The van der Waals surface area contributed by atoms with Crippen LogP contribution in [0, 0.1) is 18.3 Å². The number of nitrogens with zero attached hydrogens (tertiary/aromatic N) is 2. The van der Waals surface area contributed by atoms with Crippen molar-refractivity contribution in [1.82, 2.24) is 9.55 Å². The molecule has 1 aliphatic carbocycles. The Labute approximate surface area is 168 Å². The molecule has 5 heteroatoms. The Morgan fingerprint density at radius 3 is 2.74 bits per heavy atom. The first-order valence-corrected chi connectivity index (χ1v) is 11.5. The molecule has 2 heterocycles. The van der Waals surface area contributed by atoms with Crippen molar-refractivity contribution in [3.8, 4) is 5.69 Å². The molecule has 0 radical (unpaired) electrons. The minimum absolute atomic E-state index is 0.0849. The summed E-state index contributed by atoms with van der Waals surface area (Å²) in [6.07, 6.45) is 5.19. The van der Waals surface area contributed by atoms with Gasteiger partial charge in [0.1, 0.15) is 4.83 Å². The normalized spacial score (nSPS) is 17.3. The van der Waals surface area contributed by atoms with Crippen molar-refractivity contribution < 1.29 is 0 Å². The highest BCUT2D eigenvalue weighted by Crippen LogP contribution is 2.42. The summed E-state index contributed by atoms with van der Waals surface area (Å²) in [4.78, 5) is 20.7. The minimum Gasteiger partial charge on any atom is -0.268 e. The van der Waals surface area contributed by atoms with Crippen LogP contribution in [0.15, 0.2) is 34.2 Å². The zero-order valence-electron chi connectivity index (χ0n) is 16.6. The fourth-order valence-electron chi connectivity index (χ4n) is 4.08. The molecule has 1 aromatic carbocycles. The Morgan fingerprint density at radius 2 is 2.07 bits per heavy atom. The highest BCUT2D eigenvalue weighted by molar-refractivity contribution is 7.98. The van der Waals surface area contributed by atoms with Crippen molar-refractivity contribution in [3.05, 3.63) is 50.6 Å². The van der Waals surface area contributed by atoms with Crippen molar-refractivity contribution >= 4 is 33.3 Å². The van der Waals surface area contributed by atoms with Crippen molar-refractivity contribution in [2.24, 2.45) is 11.3 Å². The van der Waals surface area contributed by atoms with Gasteiger partial charge >= 0.3 is 0 Å². The molecule has 0 bridgehead atoms. The summed E-state index contributed by atoms with van der Waals surface area (Å²) in [5, 5.41) is 1.62. The van der Waals surface area contributed by atoms with Crippen LogP contribution in [-0.4, -0.2) is 15.8 Å². The molecule has 1 aliphatic rings. The molecule has 3 aromatic rings. The lowest BCUT2D eigenvalue weighted by molar-refractivity contribution is 0.218. The van der Waals surface area contributed by atoms with Crippen LogP contribution in [0.4, 0.5) is 0 Å². The van der Waals surface area contributed by atoms with Gasteiger partial charge in [-0.3, -0.25) is 9.36 Å². The van der Waals surface area contributed by atoms with E-state index < -0.39 is 0 Å². The summed E-state index contributed by atoms with van der Waals surface area (Å²) >= 11 is 3.27. The molecule has 0 saturated heterocycles. The van der Waals surface area contributed by atoms with Gasteiger partial charge in [-0.2, -0.15) is 0 Å².